The molecule has 0 saturated carbocycles. The maximum atomic E-state index is 12.6. The van der Waals surface area contributed by atoms with E-state index in [9.17, 15) is 4.79 Å². The summed E-state index contributed by atoms with van der Waals surface area (Å²) in [5.41, 5.74) is 1.40. The molecule has 2 aliphatic heterocycles. The number of nitrogens with zero attached hydrogens (tertiary/aromatic N) is 2. The van der Waals surface area contributed by atoms with Gasteiger partial charge in [0, 0.05) is 32.0 Å². The molecule has 2 aliphatic rings. The van der Waals surface area contributed by atoms with Crippen molar-refractivity contribution in [3.8, 4) is 0 Å². The molecule has 2 unspecified atom stereocenters. The zero-order valence-electron chi connectivity index (χ0n) is 15.3. The third-order valence-corrected chi connectivity index (χ3v) is 5.55. The molecule has 2 heterocycles. The van der Waals surface area contributed by atoms with E-state index in [1.54, 1.807) is 0 Å². The quantitative estimate of drug-likeness (QED) is 0.821. The summed E-state index contributed by atoms with van der Waals surface area (Å²) in [7, 11) is 0. The van der Waals surface area contributed by atoms with Crippen molar-refractivity contribution in [2.45, 2.75) is 45.4 Å². The Hall–Kier alpha value is -1.35. The van der Waals surface area contributed by atoms with Crippen LogP contribution in [0.1, 0.15) is 51.0 Å². The number of hydrogen-bond donors (Lipinski definition) is 0. The Labute approximate surface area is 147 Å². The van der Waals surface area contributed by atoms with Crippen molar-refractivity contribution in [2.75, 3.05) is 32.7 Å². The van der Waals surface area contributed by atoms with Gasteiger partial charge in [0.25, 0.3) is 0 Å². The molecule has 24 heavy (non-hydrogen) atoms. The van der Waals surface area contributed by atoms with E-state index in [4.69, 9.17) is 0 Å². The zero-order chi connectivity index (χ0) is 16.9. The molecule has 0 radical (unpaired) electrons. The standard InChI is InChI=1S/C21H32N2O/c1-17(2)13-21(24)23-15-19(14-22-11-7-4-8-12-22)20(16-23)18-9-5-3-6-10-18/h3,5-6,9-10,17,19-20H,4,7-8,11-16H2,1-2H3. The van der Waals surface area contributed by atoms with Crippen LogP contribution in [0.2, 0.25) is 0 Å². The van der Waals surface area contributed by atoms with Gasteiger partial charge < -0.3 is 9.80 Å². The van der Waals surface area contributed by atoms with Crippen LogP contribution in [0.5, 0.6) is 0 Å². The predicted octanol–water partition coefficient (Wildman–Crippen LogP) is 3.76. The first kappa shape index (κ1) is 17.5. The van der Waals surface area contributed by atoms with Crippen molar-refractivity contribution in [2.24, 2.45) is 11.8 Å². The first-order chi connectivity index (χ1) is 11.6. The number of benzene rings is 1. The SMILES string of the molecule is CC(C)CC(=O)N1CC(CN2CCCCC2)C(c2ccccc2)C1. The summed E-state index contributed by atoms with van der Waals surface area (Å²) in [4.78, 5) is 17.3. The van der Waals surface area contributed by atoms with Crippen LogP contribution in [-0.4, -0.2) is 48.4 Å². The molecule has 0 bridgehead atoms. The topological polar surface area (TPSA) is 23.6 Å². The Morgan fingerprint density at radius 3 is 2.46 bits per heavy atom. The molecule has 2 saturated heterocycles. The third kappa shape index (κ3) is 4.38. The first-order valence-electron chi connectivity index (χ1n) is 9.68. The normalized spacial score (nSPS) is 25.4. The van der Waals surface area contributed by atoms with Gasteiger partial charge >= 0.3 is 0 Å². The van der Waals surface area contributed by atoms with Gasteiger partial charge in [-0.05, 0) is 43.3 Å². The Morgan fingerprint density at radius 2 is 1.79 bits per heavy atom. The van der Waals surface area contributed by atoms with Gasteiger partial charge in [-0.2, -0.15) is 0 Å². The summed E-state index contributed by atoms with van der Waals surface area (Å²) < 4.78 is 0. The van der Waals surface area contributed by atoms with Gasteiger partial charge in [-0.3, -0.25) is 4.79 Å². The maximum absolute atomic E-state index is 12.6. The summed E-state index contributed by atoms with van der Waals surface area (Å²) in [5, 5.41) is 0. The number of carbonyl (C=O) groups is 1. The van der Waals surface area contributed by atoms with E-state index in [0.29, 0.717) is 30.1 Å². The number of piperidine rings is 1. The monoisotopic (exact) mass is 328 g/mol. The fourth-order valence-electron chi connectivity index (χ4n) is 4.29. The van der Waals surface area contributed by atoms with E-state index in [2.05, 4.69) is 54.0 Å². The lowest BCUT2D eigenvalue weighted by atomic mass is 9.88. The lowest BCUT2D eigenvalue weighted by Crippen LogP contribution is -2.37. The summed E-state index contributed by atoms with van der Waals surface area (Å²) in [5.74, 6) is 1.84. The summed E-state index contributed by atoms with van der Waals surface area (Å²) in [6.45, 7) is 9.71. The fourth-order valence-corrected chi connectivity index (χ4v) is 4.29. The molecule has 3 heteroatoms. The van der Waals surface area contributed by atoms with Gasteiger partial charge in [-0.25, -0.2) is 0 Å². The second kappa shape index (κ2) is 8.15. The van der Waals surface area contributed by atoms with Crippen LogP contribution >= 0.6 is 0 Å². The van der Waals surface area contributed by atoms with Gasteiger partial charge in [-0.15, -0.1) is 0 Å². The van der Waals surface area contributed by atoms with Crippen LogP contribution in [0, 0.1) is 11.8 Å². The van der Waals surface area contributed by atoms with Crippen molar-refractivity contribution in [3.05, 3.63) is 35.9 Å². The minimum absolute atomic E-state index is 0.340. The molecular formula is C21H32N2O. The van der Waals surface area contributed by atoms with Gasteiger partial charge in [0.05, 0.1) is 0 Å². The third-order valence-electron chi connectivity index (χ3n) is 5.55. The van der Waals surface area contributed by atoms with Crippen LogP contribution < -0.4 is 0 Å². The number of amides is 1. The molecule has 3 rings (SSSR count). The van der Waals surface area contributed by atoms with E-state index >= 15 is 0 Å². The number of carbonyl (C=O) groups excluding carboxylic acids is 1. The fraction of sp³-hybridized carbons (Fsp3) is 0.667. The highest BCUT2D eigenvalue weighted by Crippen LogP contribution is 2.34. The average molecular weight is 328 g/mol. The minimum Gasteiger partial charge on any atom is -0.342 e. The van der Waals surface area contributed by atoms with Crippen LogP contribution in [-0.2, 0) is 4.79 Å². The Morgan fingerprint density at radius 1 is 1.08 bits per heavy atom. The van der Waals surface area contributed by atoms with Crippen molar-refractivity contribution < 1.29 is 4.79 Å². The smallest absolute Gasteiger partial charge is 0.222 e. The van der Waals surface area contributed by atoms with Crippen LogP contribution in [0.4, 0.5) is 0 Å². The average Bonchev–Trinajstić information content (AvgIpc) is 3.00. The number of likely N-dealkylation sites (tertiary alicyclic amines) is 2. The number of rotatable bonds is 5. The largest absolute Gasteiger partial charge is 0.342 e. The molecule has 2 fully saturated rings. The molecular weight excluding hydrogens is 296 g/mol. The van der Waals surface area contributed by atoms with Crippen molar-refractivity contribution in [3.63, 3.8) is 0 Å². The summed E-state index contributed by atoms with van der Waals surface area (Å²) in [6, 6.07) is 10.8. The Balaban J connectivity index is 1.71. The lowest BCUT2D eigenvalue weighted by molar-refractivity contribution is -0.131. The molecule has 0 spiro atoms. The van der Waals surface area contributed by atoms with Crippen LogP contribution in [0.15, 0.2) is 30.3 Å². The van der Waals surface area contributed by atoms with Crippen molar-refractivity contribution >= 4 is 5.91 Å². The highest BCUT2D eigenvalue weighted by Gasteiger charge is 2.37. The second-order valence-corrected chi connectivity index (χ2v) is 8.04. The molecule has 1 aromatic carbocycles. The molecule has 0 aromatic heterocycles. The highest BCUT2D eigenvalue weighted by atomic mass is 16.2. The van der Waals surface area contributed by atoms with Crippen molar-refractivity contribution in [1.29, 1.82) is 0 Å². The van der Waals surface area contributed by atoms with Crippen molar-refractivity contribution in [1.82, 2.24) is 9.80 Å². The second-order valence-electron chi connectivity index (χ2n) is 8.04. The minimum atomic E-state index is 0.340. The summed E-state index contributed by atoms with van der Waals surface area (Å²) in [6.07, 6.45) is 4.72. The molecule has 1 aromatic rings. The molecule has 0 aliphatic carbocycles. The molecule has 2 atom stereocenters. The van der Waals surface area contributed by atoms with Gasteiger partial charge in [0.2, 0.25) is 5.91 Å². The van der Waals surface area contributed by atoms with Crippen LogP contribution in [0.25, 0.3) is 0 Å². The molecule has 3 nitrogen and oxygen atoms in total. The van der Waals surface area contributed by atoms with E-state index in [1.807, 2.05) is 0 Å². The summed E-state index contributed by atoms with van der Waals surface area (Å²) >= 11 is 0. The number of hydrogen-bond acceptors (Lipinski definition) is 2. The highest BCUT2D eigenvalue weighted by molar-refractivity contribution is 5.76. The lowest BCUT2D eigenvalue weighted by Gasteiger charge is -2.31. The van der Waals surface area contributed by atoms with Crippen LogP contribution in [0.3, 0.4) is 0 Å². The van der Waals surface area contributed by atoms with Gasteiger partial charge in [0.1, 0.15) is 0 Å². The molecule has 1 amide bonds. The van der Waals surface area contributed by atoms with Gasteiger partial charge in [0.15, 0.2) is 0 Å². The predicted molar refractivity (Wildman–Crippen MR) is 99.0 cm³/mol. The van der Waals surface area contributed by atoms with E-state index in [1.165, 1.54) is 37.9 Å². The zero-order valence-corrected chi connectivity index (χ0v) is 15.3. The molecule has 132 valence electrons. The van der Waals surface area contributed by atoms with Gasteiger partial charge in [-0.1, -0.05) is 50.6 Å². The molecule has 0 N–H and O–H groups in total. The van der Waals surface area contributed by atoms with E-state index in [0.717, 1.165) is 19.6 Å². The van der Waals surface area contributed by atoms with E-state index in [-0.39, 0.29) is 0 Å². The first-order valence-corrected chi connectivity index (χ1v) is 9.68. The Kier molecular flexibility index (Phi) is 5.94. The maximum Gasteiger partial charge on any atom is 0.222 e. The Bertz CT molecular complexity index is 522. The van der Waals surface area contributed by atoms with E-state index < -0.39 is 0 Å².